The van der Waals surface area contributed by atoms with Gasteiger partial charge in [-0.05, 0) is 24.1 Å². The predicted octanol–water partition coefficient (Wildman–Crippen LogP) is 3.39. The normalized spacial score (nSPS) is 11.4. The van der Waals surface area contributed by atoms with Gasteiger partial charge in [0.2, 0.25) is 0 Å². The van der Waals surface area contributed by atoms with Crippen LogP contribution in [0.15, 0.2) is 42.5 Å². The second-order valence-electron chi connectivity index (χ2n) is 5.07. The van der Waals surface area contributed by atoms with Gasteiger partial charge in [0, 0.05) is 0 Å². The lowest BCUT2D eigenvalue weighted by molar-refractivity contribution is -0.385. The van der Waals surface area contributed by atoms with E-state index in [0.29, 0.717) is 11.6 Å². The number of hydrogen-bond acceptors (Lipinski definition) is 5. The van der Waals surface area contributed by atoms with Crippen LogP contribution >= 0.6 is 0 Å². The maximum atomic E-state index is 13.6. The fourth-order valence-electron chi connectivity index (χ4n) is 2.14. The van der Waals surface area contributed by atoms with Gasteiger partial charge in [-0.25, -0.2) is 4.39 Å². The van der Waals surface area contributed by atoms with Crippen LogP contribution in [0.1, 0.15) is 22.6 Å². The van der Waals surface area contributed by atoms with E-state index in [4.69, 9.17) is 4.74 Å². The van der Waals surface area contributed by atoms with Crippen molar-refractivity contribution in [2.75, 3.05) is 0 Å². The summed E-state index contributed by atoms with van der Waals surface area (Å²) >= 11 is 0. The summed E-state index contributed by atoms with van der Waals surface area (Å²) in [6, 6.07) is 12.3. The van der Waals surface area contributed by atoms with Crippen LogP contribution in [0.3, 0.4) is 0 Å². The Morgan fingerprint density at radius 1 is 1.38 bits per heavy atom. The van der Waals surface area contributed by atoms with E-state index < -0.39 is 28.3 Å². The topological polar surface area (TPSA) is 93.2 Å². The monoisotopic (exact) mass is 328 g/mol. The minimum atomic E-state index is -1.51. The number of hydrogen-bond donors (Lipinski definition) is 0. The molecule has 0 amide bonds. The molecule has 0 N–H and O–H groups in total. The van der Waals surface area contributed by atoms with Crippen molar-refractivity contribution in [3.8, 4) is 6.07 Å². The van der Waals surface area contributed by atoms with Crippen molar-refractivity contribution in [3.05, 3.63) is 75.1 Å². The van der Waals surface area contributed by atoms with Gasteiger partial charge in [-0.1, -0.05) is 30.3 Å². The Bertz CT molecular complexity index is 815. The molecule has 0 saturated carbocycles. The maximum absolute atomic E-state index is 13.6. The van der Waals surface area contributed by atoms with Crippen LogP contribution < -0.4 is 0 Å². The van der Waals surface area contributed by atoms with Crippen molar-refractivity contribution in [1.29, 1.82) is 5.26 Å². The molecule has 0 bridgehead atoms. The summed E-state index contributed by atoms with van der Waals surface area (Å²) in [7, 11) is 0. The summed E-state index contributed by atoms with van der Waals surface area (Å²) < 4.78 is 18.6. The number of halogens is 1. The highest BCUT2D eigenvalue weighted by atomic mass is 19.1. The molecule has 0 spiro atoms. The summed E-state index contributed by atoms with van der Waals surface area (Å²) in [6.07, 6.45) is 0. The van der Waals surface area contributed by atoms with Gasteiger partial charge in [0.05, 0.1) is 22.6 Å². The summed E-state index contributed by atoms with van der Waals surface area (Å²) in [5.41, 5.74) is 0.0137. The zero-order chi connectivity index (χ0) is 17.7. The Morgan fingerprint density at radius 2 is 2.04 bits per heavy atom. The van der Waals surface area contributed by atoms with Crippen molar-refractivity contribution in [2.45, 2.75) is 19.4 Å². The number of nitro benzene ring substituents is 1. The second kappa shape index (κ2) is 7.33. The Labute approximate surface area is 137 Å². The number of nitriles is 1. The third-order valence-electron chi connectivity index (χ3n) is 3.40. The number of esters is 1. The molecule has 24 heavy (non-hydrogen) atoms. The standard InChI is InChI=1S/C17H13FN2O4/c1-11-7-13(16(20(22)23)8-15(11)18)14(9-19)17(21)24-10-12-5-3-2-4-6-12/h2-8,14H,10H2,1H3/t14-/m1/s1. The minimum Gasteiger partial charge on any atom is -0.460 e. The molecule has 0 aromatic heterocycles. The van der Waals surface area contributed by atoms with Crippen LogP contribution in [0, 0.1) is 34.2 Å². The van der Waals surface area contributed by atoms with Crippen molar-refractivity contribution < 1.29 is 18.8 Å². The van der Waals surface area contributed by atoms with Crippen LogP contribution in [-0.2, 0) is 16.1 Å². The predicted molar refractivity (Wildman–Crippen MR) is 82.4 cm³/mol. The zero-order valence-corrected chi connectivity index (χ0v) is 12.7. The molecule has 2 aromatic carbocycles. The number of nitrogens with zero attached hydrogens (tertiary/aromatic N) is 2. The molecule has 0 heterocycles. The van der Waals surface area contributed by atoms with E-state index in [1.807, 2.05) is 0 Å². The summed E-state index contributed by atoms with van der Waals surface area (Å²) in [5, 5.41) is 20.3. The van der Waals surface area contributed by atoms with E-state index in [1.165, 1.54) is 6.92 Å². The van der Waals surface area contributed by atoms with Gasteiger partial charge in [-0.3, -0.25) is 14.9 Å². The number of nitro groups is 1. The maximum Gasteiger partial charge on any atom is 0.328 e. The number of ether oxygens (including phenoxy) is 1. The average Bonchev–Trinajstić information content (AvgIpc) is 2.57. The van der Waals surface area contributed by atoms with E-state index in [1.54, 1.807) is 36.4 Å². The number of carbonyl (C=O) groups is 1. The smallest absolute Gasteiger partial charge is 0.328 e. The van der Waals surface area contributed by atoms with E-state index in [2.05, 4.69) is 0 Å². The molecular weight excluding hydrogens is 315 g/mol. The molecule has 6 nitrogen and oxygen atoms in total. The number of rotatable bonds is 5. The molecule has 0 aliphatic carbocycles. The van der Waals surface area contributed by atoms with Gasteiger partial charge >= 0.3 is 5.97 Å². The zero-order valence-electron chi connectivity index (χ0n) is 12.7. The van der Waals surface area contributed by atoms with Crippen LogP contribution in [0.5, 0.6) is 0 Å². The van der Waals surface area contributed by atoms with Gasteiger partial charge in [0.25, 0.3) is 5.69 Å². The summed E-state index contributed by atoms with van der Waals surface area (Å²) in [6.45, 7) is 1.33. The second-order valence-corrected chi connectivity index (χ2v) is 5.07. The Balaban J connectivity index is 2.28. The molecule has 122 valence electrons. The molecule has 0 unspecified atom stereocenters. The van der Waals surface area contributed by atoms with E-state index >= 15 is 0 Å². The van der Waals surface area contributed by atoms with Crippen LogP contribution in [0.2, 0.25) is 0 Å². The number of carbonyl (C=O) groups excluding carboxylic acids is 1. The first-order valence-electron chi connectivity index (χ1n) is 6.98. The lowest BCUT2D eigenvalue weighted by Crippen LogP contribution is -2.16. The van der Waals surface area contributed by atoms with Gasteiger partial charge in [0.15, 0.2) is 5.92 Å². The summed E-state index contributed by atoms with van der Waals surface area (Å²) in [5.74, 6) is -3.20. The highest BCUT2D eigenvalue weighted by molar-refractivity contribution is 5.83. The molecule has 0 fully saturated rings. The van der Waals surface area contributed by atoms with Gasteiger partial charge in [-0.2, -0.15) is 5.26 Å². The molecular formula is C17H13FN2O4. The average molecular weight is 328 g/mol. The van der Waals surface area contributed by atoms with Crippen molar-refractivity contribution in [1.82, 2.24) is 0 Å². The lowest BCUT2D eigenvalue weighted by atomic mass is 9.96. The third-order valence-corrected chi connectivity index (χ3v) is 3.40. The minimum absolute atomic E-state index is 0.0637. The number of aryl methyl sites for hydroxylation is 1. The fraction of sp³-hybridized carbons (Fsp3) is 0.176. The molecule has 7 heteroatoms. The van der Waals surface area contributed by atoms with Gasteiger partial charge < -0.3 is 4.74 Å². The Morgan fingerprint density at radius 3 is 2.62 bits per heavy atom. The van der Waals surface area contributed by atoms with E-state index in [9.17, 15) is 24.6 Å². The molecule has 0 radical (unpaired) electrons. The third kappa shape index (κ3) is 3.73. The van der Waals surface area contributed by atoms with Crippen molar-refractivity contribution in [2.24, 2.45) is 0 Å². The Hall–Kier alpha value is -3.27. The highest BCUT2D eigenvalue weighted by Gasteiger charge is 2.30. The first kappa shape index (κ1) is 17.1. The molecule has 2 aromatic rings. The molecule has 1 atom stereocenters. The highest BCUT2D eigenvalue weighted by Crippen LogP contribution is 2.30. The molecule has 2 rings (SSSR count). The summed E-state index contributed by atoms with van der Waals surface area (Å²) in [4.78, 5) is 22.4. The van der Waals surface area contributed by atoms with E-state index in [0.717, 1.165) is 6.07 Å². The molecule has 0 saturated heterocycles. The fourth-order valence-corrected chi connectivity index (χ4v) is 2.14. The first-order valence-corrected chi connectivity index (χ1v) is 6.98. The van der Waals surface area contributed by atoms with Gasteiger partial charge in [0.1, 0.15) is 12.4 Å². The lowest BCUT2D eigenvalue weighted by Gasteiger charge is -2.11. The van der Waals surface area contributed by atoms with Crippen LogP contribution in [0.4, 0.5) is 10.1 Å². The van der Waals surface area contributed by atoms with Crippen molar-refractivity contribution >= 4 is 11.7 Å². The molecule has 0 aliphatic rings. The first-order chi connectivity index (χ1) is 11.4. The Kier molecular flexibility index (Phi) is 5.22. The SMILES string of the molecule is Cc1cc([C@@H](C#N)C(=O)OCc2ccccc2)c([N+](=O)[O-])cc1F. The van der Waals surface area contributed by atoms with Crippen LogP contribution in [-0.4, -0.2) is 10.9 Å². The quantitative estimate of drug-likeness (QED) is 0.476. The van der Waals surface area contributed by atoms with Crippen LogP contribution in [0.25, 0.3) is 0 Å². The van der Waals surface area contributed by atoms with Gasteiger partial charge in [-0.15, -0.1) is 0 Å². The van der Waals surface area contributed by atoms with Crippen molar-refractivity contribution in [3.63, 3.8) is 0 Å². The molecule has 0 aliphatic heterocycles. The largest absolute Gasteiger partial charge is 0.460 e. The number of benzene rings is 2. The van der Waals surface area contributed by atoms with E-state index in [-0.39, 0.29) is 17.7 Å².